The van der Waals surface area contributed by atoms with E-state index in [0.717, 1.165) is 88.0 Å². The number of benzene rings is 1. The predicted octanol–water partition coefficient (Wildman–Crippen LogP) is 6.17. The number of hydrogen-bond donors (Lipinski definition) is 3. The Balaban J connectivity index is 1.66. The van der Waals surface area contributed by atoms with Crippen molar-refractivity contribution in [3.63, 3.8) is 0 Å². The van der Waals surface area contributed by atoms with Crippen LogP contribution in [-0.2, 0) is 0 Å². The van der Waals surface area contributed by atoms with E-state index in [4.69, 9.17) is 9.97 Å². The van der Waals surface area contributed by atoms with Crippen LogP contribution < -0.4 is 10.6 Å². The molecule has 7 heteroatoms. The highest BCUT2D eigenvalue weighted by Crippen LogP contribution is 2.37. The fourth-order valence-corrected chi connectivity index (χ4v) is 5.40. The van der Waals surface area contributed by atoms with E-state index in [1.807, 2.05) is 6.20 Å². The molecule has 200 valence electrons. The van der Waals surface area contributed by atoms with Gasteiger partial charge in [0, 0.05) is 41.1 Å². The number of anilines is 2. The van der Waals surface area contributed by atoms with Crippen LogP contribution in [0.4, 0.5) is 11.6 Å². The lowest BCUT2D eigenvalue weighted by atomic mass is 10.0. The maximum absolute atomic E-state index is 4.93. The van der Waals surface area contributed by atoms with E-state index in [0.29, 0.717) is 0 Å². The lowest BCUT2D eigenvalue weighted by Crippen LogP contribution is -2.25. The smallest absolute Gasteiger partial charge is 0.136 e. The first-order chi connectivity index (χ1) is 18.0. The molecule has 37 heavy (non-hydrogen) atoms. The summed E-state index contributed by atoms with van der Waals surface area (Å²) in [6, 6.07) is 6.59. The minimum absolute atomic E-state index is 0.905. The van der Waals surface area contributed by atoms with E-state index in [-0.39, 0.29) is 0 Å². The van der Waals surface area contributed by atoms with Gasteiger partial charge in [-0.05, 0) is 95.1 Å². The lowest BCUT2D eigenvalue weighted by Gasteiger charge is -2.18. The van der Waals surface area contributed by atoms with E-state index in [1.165, 1.54) is 32.6 Å². The zero-order valence-corrected chi connectivity index (χ0v) is 23.7. The van der Waals surface area contributed by atoms with Crippen LogP contribution in [0.1, 0.15) is 51.8 Å². The van der Waals surface area contributed by atoms with Gasteiger partial charge in [-0.2, -0.15) is 0 Å². The lowest BCUT2D eigenvalue weighted by molar-refractivity contribution is 0.303. The Morgan fingerprint density at radius 2 is 1.41 bits per heavy atom. The zero-order chi connectivity index (χ0) is 26.4. The van der Waals surface area contributed by atoms with Crippen molar-refractivity contribution in [3.05, 3.63) is 35.7 Å². The molecule has 0 aliphatic rings. The monoisotopic (exact) mass is 503 g/mol. The molecule has 3 heterocycles. The van der Waals surface area contributed by atoms with Crippen LogP contribution in [0.3, 0.4) is 0 Å². The zero-order valence-electron chi connectivity index (χ0n) is 23.7. The second-order valence-corrected chi connectivity index (χ2v) is 9.95. The summed E-state index contributed by atoms with van der Waals surface area (Å²) in [7, 11) is 0. The molecule has 0 radical (unpaired) electrons. The number of aryl methyl sites for hydroxylation is 2. The van der Waals surface area contributed by atoms with Gasteiger partial charge < -0.3 is 25.4 Å². The molecule has 3 N–H and O–H groups in total. The number of nitrogens with one attached hydrogen (secondary N) is 3. The van der Waals surface area contributed by atoms with Crippen molar-refractivity contribution in [2.45, 2.75) is 54.4 Å². The molecule has 4 aromatic rings. The Bertz CT molecular complexity index is 1320. The third kappa shape index (κ3) is 5.99. The molecule has 0 bridgehead atoms. The number of fused-ring (bicyclic) bond motifs is 4. The van der Waals surface area contributed by atoms with Crippen LogP contribution in [0.15, 0.2) is 24.4 Å². The highest BCUT2D eigenvalue weighted by Gasteiger charge is 2.16. The summed E-state index contributed by atoms with van der Waals surface area (Å²) in [6.07, 6.45) is 4.11. The second kappa shape index (κ2) is 12.6. The van der Waals surface area contributed by atoms with Crippen molar-refractivity contribution in [2.24, 2.45) is 0 Å². The molecule has 0 fully saturated rings. The summed E-state index contributed by atoms with van der Waals surface area (Å²) in [5, 5.41) is 12.1. The number of pyridine rings is 2. The Morgan fingerprint density at radius 3 is 2.03 bits per heavy atom. The van der Waals surface area contributed by atoms with Crippen molar-refractivity contribution in [3.8, 4) is 0 Å². The molecule has 0 spiro atoms. The Labute approximate surface area is 222 Å². The van der Waals surface area contributed by atoms with Gasteiger partial charge in [-0.25, -0.2) is 9.97 Å². The van der Waals surface area contributed by atoms with Crippen LogP contribution >= 0.6 is 0 Å². The molecule has 7 nitrogen and oxygen atoms in total. The quantitative estimate of drug-likeness (QED) is 0.179. The first kappa shape index (κ1) is 27.1. The highest BCUT2D eigenvalue weighted by molar-refractivity contribution is 6.18. The number of H-pyrrole nitrogens is 1. The largest absolute Gasteiger partial charge is 0.370 e. The van der Waals surface area contributed by atoms with Gasteiger partial charge in [-0.15, -0.1) is 0 Å². The summed E-state index contributed by atoms with van der Waals surface area (Å²) in [5.74, 6) is 1.93. The summed E-state index contributed by atoms with van der Waals surface area (Å²) >= 11 is 0. The number of aromatic amines is 1. The fourth-order valence-electron chi connectivity index (χ4n) is 5.40. The molecule has 1 aromatic carbocycles. The first-order valence-corrected chi connectivity index (χ1v) is 14.1. The molecule has 0 aliphatic carbocycles. The van der Waals surface area contributed by atoms with Crippen molar-refractivity contribution in [1.82, 2.24) is 24.8 Å². The van der Waals surface area contributed by atoms with E-state index < -0.39 is 0 Å². The number of rotatable bonds is 14. The van der Waals surface area contributed by atoms with Gasteiger partial charge in [0.15, 0.2) is 0 Å². The molecular weight excluding hydrogens is 458 g/mol. The van der Waals surface area contributed by atoms with Gasteiger partial charge >= 0.3 is 0 Å². The molecule has 0 atom stereocenters. The molecule has 0 saturated carbocycles. The summed E-state index contributed by atoms with van der Waals surface area (Å²) in [4.78, 5) is 18.3. The Hall–Kier alpha value is -2.90. The summed E-state index contributed by atoms with van der Waals surface area (Å²) in [6.45, 7) is 21.6. The number of hydrogen-bond acceptors (Lipinski definition) is 6. The van der Waals surface area contributed by atoms with Crippen LogP contribution in [0.2, 0.25) is 0 Å². The van der Waals surface area contributed by atoms with Gasteiger partial charge in [0.1, 0.15) is 11.6 Å². The first-order valence-electron chi connectivity index (χ1n) is 14.1. The molecule has 4 rings (SSSR count). The standard InChI is InChI=1S/C30H45N7/c1-7-36(8-2)17-11-14-31-29-24-20-25-27-26(35-28(25)22(6)23(24)13-16-33-29)19-21(5)34-30(27)32-15-12-18-37(9-3)10-4/h13,16,19-20,35H,7-12,14-15,17-18H2,1-6H3,(H,31,33)(H,32,34). The molecule has 0 aliphatic heterocycles. The van der Waals surface area contributed by atoms with Crippen LogP contribution in [0.5, 0.6) is 0 Å². The minimum atomic E-state index is 0.905. The van der Waals surface area contributed by atoms with Gasteiger partial charge in [0.05, 0.1) is 11.0 Å². The maximum atomic E-state index is 4.93. The molecular formula is C30H45N7. The number of aromatic nitrogens is 3. The summed E-state index contributed by atoms with van der Waals surface area (Å²) in [5.41, 5.74) is 4.58. The molecule has 3 aromatic heterocycles. The fraction of sp³-hybridized carbons (Fsp3) is 0.533. The Kier molecular flexibility index (Phi) is 9.22. The molecule has 0 amide bonds. The van der Waals surface area contributed by atoms with E-state index in [1.54, 1.807) is 0 Å². The third-order valence-corrected chi connectivity index (χ3v) is 7.68. The summed E-state index contributed by atoms with van der Waals surface area (Å²) < 4.78 is 0. The van der Waals surface area contributed by atoms with E-state index >= 15 is 0 Å². The normalized spacial score (nSPS) is 12.0. The van der Waals surface area contributed by atoms with Crippen LogP contribution in [0.25, 0.3) is 32.6 Å². The SMILES string of the molecule is CCN(CC)CCCNc1nccc2c(C)c3[nH]c4cc(C)nc(NCCCN(CC)CC)c4c3cc12. The van der Waals surface area contributed by atoms with E-state index in [2.05, 4.69) is 85.2 Å². The van der Waals surface area contributed by atoms with Crippen molar-refractivity contribution in [1.29, 1.82) is 0 Å². The van der Waals surface area contributed by atoms with Crippen molar-refractivity contribution in [2.75, 3.05) is 63.0 Å². The molecule has 0 unspecified atom stereocenters. The maximum Gasteiger partial charge on any atom is 0.136 e. The topological polar surface area (TPSA) is 72.1 Å². The van der Waals surface area contributed by atoms with Crippen LogP contribution in [0, 0.1) is 13.8 Å². The van der Waals surface area contributed by atoms with Gasteiger partial charge in [0.25, 0.3) is 0 Å². The second-order valence-electron chi connectivity index (χ2n) is 9.95. The predicted molar refractivity (Wildman–Crippen MR) is 160 cm³/mol. The van der Waals surface area contributed by atoms with Gasteiger partial charge in [-0.3, -0.25) is 0 Å². The third-order valence-electron chi connectivity index (χ3n) is 7.68. The van der Waals surface area contributed by atoms with Crippen molar-refractivity contribution < 1.29 is 0 Å². The van der Waals surface area contributed by atoms with Gasteiger partial charge in [-0.1, -0.05) is 27.7 Å². The van der Waals surface area contributed by atoms with Gasteiger partial charge in [0.2, 0.25) is 0 Å². The van der Waals surface area contributed by atoms with E-state index in [9.17, 15) is 0 Å². The average Bonchev–Trinajstić information content (AvgIpc) is 3.27. The number of nitrogens with zero attached hydrogens (tertiary/aromatic N) is 4. The average molecular weight is 504 g/mol. The minimum Gasteiger partial charge on any atom is -0.370 e. The van der Waals surface area contributed by atoms with Crippen molar-refractivity contribution >= 4 is 44.2 Å². The highest BCUT2D eigenvalue weighted by atomic mass is 15.1. The Morgan fingerprint density at radius 1 is 0.784 bits per heavy atom. The van der Waals surface area contributed by atoms with Crippen LogP contribution in [-0.4, -0.2) is 77.1 Å². The molecule has 0 saturated heterocycles.